The van der Waals surface area contributed by atoms with Crippen molar-refractivity contribution >= 4 is 5.91 Å². The predicted octanol–water partition coefficient (Wildman–Crippen LogP) is 1.46. The van der Waals surface area contributed by atoms with Crippen molar-refractivity contribution in [1.82, 2.24) is 15.1 Å². The van der Waals surface area contributed by atoms with Crippen molar-refractivity contribution in [3.05, 3.63) is 0 Å². The molecule has 1 saturated heterocycles. The van der Waals surface area contributed by atoms with Crippen molar-refractivity contribution < 1.29 is 4.79 Å². The van der Waals surface area contributed by atoms with Crippen LogP contribution in [0, 0.1) is 0 Å². The second-order valence-corrected chi connectivity index (χ2v) is 5.87. The van der Waals surface area contributed by atoms with E-state index in [1.165, 1.54) is 25.7 Å². The lowest BCUT2D eigenvalue weighted by molar-refractivity contribution is -0.129. The van der Waals surface area contributed by atoms with E-state index in [9.17, 15) is 4.79 Å². The van der Waals surface area contributed by atoms with Gasteiger partial charge in [0.2, 0.25) is 5.91 Å². The van der Waals surface area contributed by atoms with Crippen LogP contribution in [0.3, 0.4) is 0 Å². The van der Waals surface area contributed by atoms with Gasteiger partial charge in [0.25, 0.3) is 0 Å². The average Bonchev–Trinajstić information content (AvgIpc) is 3.09. The Morgan fingerprint density at radius 3 is 2.53 bits per heavy atom. The number of carbonyl (C=O) groups excluding carboxylic acids is 1. The van der Waals surface area contributed by atoms with E-state index in [1.54, 1.807) is 0 Å². The first-order valence-electron chi connectivity index (χ1n) is 7.99. The molecule has 1 unspecified atom stereocenters. The highest BCUT2D eigenvalue weighted by Crippen LogP contribution is 2.18. The summed E-state index contributed by atoms with van der Waals surface area (Å²) in [6.07, 6.45) is 6.26. The topological polar surface area (TPSA) is 35.6 Å². The van der Waals surface area contributed by atoms with Crippen LogP contribution in [0.5, 0.6) is 0 Å². The maximum atomic E-state index is 12.2. The summed E-state index contributed by atoms with van der Waals surface area (Å²) in [7, 11) is 0. The molecule has 1 amide bonds. The fourth-order valence-corrected chi connectivity index (χ4v) is 3.48. The van der Waals surface area contributed by atoms with Crippen LogP contribution < -0.4 is 5.32 Å². The third-order valence-corrected chi connectivity index (χ3v) is 4.74. The summed E-state index contributed by atoms with van der Waals surface area (Å²) >= 11 is 0. The van der Waals surface area contributed by atoms with Crippen molar-refractivity contribution in [2.45, 2.75) is 58.0 Å². The molecule has 1 N–H and O–H groups in total. The lowest BCUT2D eigenvalue weighted by Gasteiger charge is -2.26. The molecule has 0 radical (unpaired) electrons. The van der Waals surface area contributed by atoms with Gasteiger partial charge in [-0.05, 0) is 32.4 Å². The molecule has 19 heavy (non-hydrogen) atoms. The summed E-state index contributed by atoms with van der Waals surface area (Å²) in [5.74, 6) is 0.293. The van der Waals surface area contributed by atoms with Crippen LogP contribution in [-0.2, 0) is 4.79 Å². The molecule has 0 bridgehead atoms. The van der Waals surface area contributed by atoms with Gasteiger partial charge < -0.3 is 10.2 Å². The molecule has 1 saturated carbocycles. The quantitative estimate of drug-likeness (QED) is 0.791. The molecule has 0 aromatic heterocycles. The number of likely N-dealkylation sites (tertiary alicyclic amines) is 1. The highest BCUT2D eigenvalue weighted by Gasteiger charge is 2.29. The second-order valence-electron chi connectivity index (χ2n) is 5.87. The molecule has 2 rings (SSSR count). The van der Waals surface area contributed by atoms with E-state index < -0.39 is 0 Å². The molecule has 4 nitrogen and oxygen atoms in total. The first-order valence-corrected chi connectivity index (χ1v) is 7.99. The molecule has 1 heterocycles. The largest absolute Gasteiger partial charge is 0.340 e. The lowest BCUT2D eigenvalue weighted by Crippen LogP contribution is -2.42. The number of hydrogen-bond acceptors (Lipinski definition) is 3. The number of carbonyl (C=O) groups is 1. The Hall–Kier alpha value is -0.610. The average molecular weight is 267 g/mol. The molecule has 2 aliphatic rings. The van der Waals surface area contributed by atoms with E-state index in [-0.39, 0.29) is 0 Å². The highest BCUT2D eigenvalue weighted by atomic mass is 16.2. The normalized spacial score (nSPS) is 24.6. The zero-order valence-corrected chi connectivity index (χ0v) is 12.5. The smallest absolute Gasteiger partial charge is 0.236 e. The molecule has 1 aliphatic heterocycles. The van der Waals surface area contributed by atoms with Crippen LogP contribution in [0.2, 0.25) is 0 Å². The third kappa shape index (κ3) is 3.93. The zero-order chi connectivity index (χ0) is 13.7. The Kier molecular flexibility index (Phi) is 5.64. The number of rotatable bonds is 6. The van der Waals surface area contributed by atoms with Gasteiger partial charge in [-0.1, -0.05) is 26.7 Å². The fourth-order valence-electron chi connectivity index (χ4n) is 3.48. The van der Waals surface area contributed by atoms with Gasteiger partial charge in [0, 0.05) is 25.2 Å². The number of likely N-dealkylation sites (N-methyl/N-ethyl adjacent to an activating group) is 1. The van der Waals surface area contributed by atoms with Crippen LogP contribution in [-0.4, -0.2) is 60.5 Å². The van der Waals surface area contributed by atoms with Gasteiger partial charge in [0.15, 0.2) is 0 Å². The minimum atomic E-state index is 0.293. The van der Waals surface area contributed by atoms with Crippen molar-refractivity contribution in [2.75, 3.05) is 32.7 Å². The molecule has 0 spiro atoms. The second kappa shape index (κ2) is 7.25. The van der Waals surface area contributed by atoms with E-state index in [1.807, 2.05) is 4.90 Å². The Balaban J connectivity index is 1.71. The summed E-state index contributed by atoms with van der Waals surface area (Å²) in [5.41, 5.74) is 0. The summed E-state index contributed by atoms with van der Waals surface area (Å²) < 4.78 is 0. The molecule has 1 aliphatic carbocycles. The zero-order valence-electron chi connectivity index (χ0n) is 12.5. The van der Waals surface area contributed by atoms with Gasteiger partial charge in [-0.3, -0.25) is 9.69 Å². The van der Waals surface area contributed by atoms with Crippen LogP contribution >= 0.6 is 0 Å². The summed E-state index contributed by atoms with van der Waals surface area (Å²) in [4.78, 5) is 16.7. The minimum absolute atomic E-state index is 0.293. The monoisotopic (exact) mass is 267 g/mol. The Morgan fingerprint density at radius 1 is 1.21 bits per heavy atom. The van der Waals surface area contributed by atoms with Gasteiger partial charge in [0.1, 0.15) is 0 Å². The van der Waals surface area contributed by atoms with E-state index in [4.69, 9.17) is 0 Å². The Bertz CT molecular complexity index is 285. The SMILES string of the molecule is CCN(CC)C1CCN(C(=O)CNC2CCCC2)C1. The first kappa shape index (κ1) is 14.8. The molecule has 1 atom stereocenters. The van der Waals surface area contributed by atoms with Crippen molar-refractivity contribution in [3.63, 3.8) is 0 Å². The maximum Gasteiger partial charge on any atom is 0.236 e. The summed E-state index contributed by atoms with van der Waals surface area (Å²) in [5, 5.41) is 3.43. The summed E-state index contributed by atoms with van der Waals surface area (Å²) in [6, 6.07) is 1.16. The molecular formula is C15H29N3O. The first-order chi connectivity index (χ1) is 9.24. The Labute approximate surface area is 117 Å². The summed E-state index contributed by atoms with van der Waals surface area (Å²) in [6.45, 7) is 8.98. The minimum Gasteiger partial charge on any atom is -0.340 e. The molecule has 4 heteroatoms. The number of hydrogen-bond donors (Lipinski definition) is 1. The molecule has 0 aromatic carbocycles. The predicted molar refractivity (Wildman–Crippen MR) is 78.2 cm³/mol. The molecular weight excluding hydrogens is 238 g/mol. The number of nitrogens with one attached hydrogen (secondary N) is 1. The van der Waals surface area contributed by atoms with Gasteiger partial charge in [0.05, 0.1) is 6.54 Å². The van der Waals surface area contributed by atoms with E-state index >= 15 is 0 Å². The van der Waals surface area contributed by atoms with Crippen molar-refractivity contribution in [3.8, 4) is 0 Å². The van der Waals surface area contributed by atoms with E-state index in [0.717, 1.165) is 32.6 Å². The number of nitrogens with zero attached hydrogens (tertiary/aromatic N) is 2. The number of amides is 1. The van der Waals surface area contributed by atoms with E-state index in [2.05, 4.69) is 24.1 Å². The van der Waals surface area contributed by atoms with Crippen molar-refractivity contribution in [2.24, 2.45) is 0 Å². The highest BCUT2D eigenvalue weighted by molar-refractivity contribution is 5.78. The maximum absolute atomic E-state index is 12.2. The molecule has 0 aromatic rings. The van der Waals surface area contributed by atoms with Crippen molar-refractivity contribution in [1.29, 1.82) is 0 Å². The Morgan fingerprint density at radius 2 is 1.89 bits per heavy atom. The molecule has 110 valence electrons. The van der Waals surface area contributed by atoms with Crippen LogP contribution in [0.25, 0.3) is 0 Å². The fraction of sp³-hybridized carbons (Fsp3) is 0.933. The van der Waals surface area contributed by atoms with Crippen LogP contribution in [0.4, 0.5) is 0 Å². The molecule has 2 fully saturated rings. The standard InChI is InChI=1S/C15H29N3O/c1-3-17(4-2)14-9-10-18(12-14)15(19)11-16-13-7-5-6-8-13/h13-14,16H,3-12H2,1-2H3. The van der Waals surface area contributed by atoms with Gasteiger partial charge in [-0.25, -0.2) is 0 Å². The third-order valence-electron chi connectivity index (χ3n) is 4.74. The lowest BCUT2D eigenvalue weighted by atomic mass is 10.2. The van der Waals surface area contributed by atoms with Crippen LogP contribution in [0.1, 0.15) is 46.0 Å². The van der Waals surface area contributed by atoms with E-state index in [0.29, 0.717) is 24.5 Å². The van der Waals surface area contributed by atoms with Crippen LogP contribution in [0.15, 0.2) is 0 Å². The van der Waals surface area contributed by atoms with Gasteiger partial charge >= 0.3 is 0 Å². The van der Waals surface area contributed by atoms with Gasteiger partial charge in [-0.15, -0.1) is 0 Å². The van der Waals surface area contributed by atoms with Gasteiger partial charge in [-0.2, -0.15) is 0 Å².